The number of hydrogen-bond donors (Lipinski definition) is 2. The van der Waals surface area contributed by atoms with Crippen LogP contribution in [0.4, 0.5) is 11.4 Å². The van der Waals surface area contributed by atoms with Crippen LogP contribution in [0.15, 0.2) is 42.5 Å². The molecule has 2 aromatic carbocycles. The third kappa shape index (κ3) is 4.68. The standard InChI is InChI=1S/C19H19Cl2N3O2/c20-14-6-7-16(21)17(11-14)23-18(25)12-22-15-5-3-4-13(10-15)19(26)24-8-1-2-9-24/h3-7,10-11,22H,1-2,8-9,12H2,(H,23,25). The zero-order chi connectivity index (χ0) is 18.5. The van der Waals surface area contributed by atoms with Crippen LogP contribution in [-0.2, 0) is 4.79 Å². The molecule has 0 atom stereocenters. The van der Waals surface area contributed by atoms with Crippen molar-refractivity contribution in [3.05, 3.63) is 58.1 Å². The smallest absolute Gasteiger partial charge is 0.253 e. The van der Waals surface area contributed by atoms with E-state index in [4.69, 9.17) is 23.2 Å². The molecule has 1 aliphatic heterocycles. The van der Waals surface area contributed by atoms with Crippen molar-refractivity contribution in [2.24, 2.45) is 0 Å². The molecule has 0 unspecified atom stereocenters. The molecule has 1 aliphatic rings. The molecule has 0 bridgehead atoms. The number of halogens is 2. The number of anilines is 2. The van der Waals surface area contributed by atoms with Crippen LogP contribution < -0.4 is 10.6 Å². The monoisotopic (exact) mass is 391 g/mol. The molecule has 0 spiro atoms. The van der Waals surface area contributed by atoms with Crippen molar-refractivity contribution in [3.63, 3.8) is 0 Å². The summed E-state index contributed by atoms with van der Waals surface area (Å²) in [5, 5.41) is 6.65. The molecular formula is C19H19Cl2N3O2. The van der Waals surface area contributed by atoms with Crippen LogP contribution in [0.25, 0.3) is 0 Å². The van der Waals surface area contributed by atoms with E-state index in [-0.39, 0.29) is 18.4 Å². The molecule has 2 N–H and O–H groups in total. The topological polar surface area (TPSA) is 61.4 Å². The largest absolute Gasteiger partial charge is 0.376 e. The van der Waals surface area contributed by atoms with E-state index >= 15 is 0 Å². The van der Waals surface area contributed by atoms with Crippen LogP contribution in [0.1, 0.15) is 23.2 Å². The summed E-state index contributed by atoms with van der Waals surface area (Å²) in [6.45, 7) is 1.66. The zero-order valence-electron chi connectivity index (χ0n) is 14.1. The van der Waals surface area contributed by atoms with Gasteiger partial charge < -0.3 is 15.5 Å². The second-order valence-electron chi connectivity index (χ2n) is 6.11. The molecule has 26 heavy (non-hydrogen) atoms. The highest BCUT2D eigenvalue weighted by molar-refractivity contribution is 6.35. The van der Waals surface area contributed by atoms with Gasteiger partial charge in [0.2, 0.25) is 5.91 Å². The zero-order valence-corrected chi connectivity index (χ0v) is 15.6. The fourth-order valence-corrected chi connectivity index (χ4v) is 3.17. The van der Waals surface area contributed by atoms with Crippen molar-refractivity contribution in [3.8, 4) is 0 Å². The minimum atomic E-state index is -0.259. The van der Waals surface area contributed by atoms with Gasteiger partial charge in [-0.25, -0.2) is 0 Å². The van der Waals surface area contributed by atoms with Crippen LogP contribution in [0.3, 0.4) is 0 Å². The lowest BCUT2D eigenvalue weighted by atomic mass is 10.1. The Hall–Kier alpha value is -2.24. The van der Waals surface area contributed by atoms with Gasteiger partial charge in [0, 0.05) is 29.4 Å². The fraction of sp³-hybridized carbons (Fsp3) is 0.263. The van der Waals surface area contributed by atoms with E-state index in [2.05, 4.69) is 10.6 Å². The lowest BCUT2D eigenvalue weighted by Crippen LogP contribution is -2.27. The van der Waals surface area contributed by atoms with Crippen LogP contribution in [-0.4, -0.2) is 36.3 Å². The minimum absolute atomic E-state index is 0.0290. The number of hydrogen-bond acceptors (Lipinski definition) is 3. The third-order valence-corrected chi connectivity index (χ3v) is 4.72. The summed E-state index contributed by atoms with van der Waals surface area (Å²) in [5.74, 6) is -0.230. The van der Waals surface area contributed by atoms with Crippen molar-refractivity contribution in [1.29, 1.82) is 0 Å². The molecule has 3 rings (SSSR count). The van der Waals surface area contributed by atoms with Crippen molar-refractivity contribution >= 4 is 46.4 Å². The van der Waals surface area contributed by atoms with E-state index in [9.17, 15) is 9.59 Å². The Kier molecular flexibility index (Phi) is 6.01. The highest BCUT2D eigenvalue weighted by atomic mass is 35.5. The van der Waals surface area contributed by atoms with Gasteiger partial charge in [0.15, 0.2) is 0 Å². The Balaban J connectivity index is 1.59. The maximum Gasteiger partial charge on any atom is 0.253 e. The Morgan fingerprint density at radius 1 is 1.04 bits per heavy atom. The Bertz CT molecular complexity index is 820. The molecular weight excluding hydrogens is 373 g/mol. The lowest BCUT2D eigenvalue weighted by Gasteiger charge is -2.16. The average molecular weight is 392 g/mol. The fourth-order valence-electron chi connectivity index (χ4n) is 2.84. The molecule has 1 fully saturated rings. The van der Waals surface area contributed by atoms with Crippen molar-refractivity contribution in [2.75, 3.05) is 30.3 Å². The molecule has 0 aromatic heterocycles. The van der Waals surface area contributed by atoms with Crippen molar-refractivity contribution < 1.29 is 9.59 Å². The van der Waals surface area contributed by atoms with E-state index in [0.717, 1.165) is 25.9 Å². The van der Waals surface area contributed by atoms with E-state index in [0.29, 0.717) is 27.0 Å². The van der Waals surface area contributed by atoms with Crippen LogP contribution in [0, 0.1) is 0 Å². The van der Waals surface area contributed by atoms with E-state index in [1.807, 2.05) is 11.0 Å². The number of carbonyl (C=O) groups excluding carboxylic acids is 2. The highest BCUT2D eigenvalue weighted by Crippen LogP contribution is 2.25. The summed E-state index contributed by atoms with van der Waals surface area (Å²) in [6.07, 6.45) is 2.10. The first kappa shape index (κ1) is 18.5. The van der Waals surface area contributed by atoms with Gasteiger partial charge in [-0.2, -0.15) is 0 Å². The SMILES string of the molecule is O=C(CNc1cccc(C(=O)N2CCCC2)c1)Nc1cc(Cl)ccc1Cl. The van der Waals surface area contributed by atoms with E-state index < -0.39 is 0 Å². The maximum atomic E-state index is 12.4. The Labute approximate surface area is 162 Å². The molecule has 0 saturated carbocycles. The van der Waals surface area contributed by atoms with E-state index in [1.165, 1.54) is 0 Å². The first-order chi connectivity index (χ1) is 12.5. The molecule has 2 amide bonds. The molecule has 0 aliphatic carbocycles. The maximum absolute atomic E-state index is 12.4. The highest BCUT2D eigenvalue weighted by Gasteiger charge is 2.19. The van der Waals surface area contributed by atoms with Crippen LogP contribution in [0.2, 0.25) is 10.0 Å². The average Bonchev–Trinajstić information content (AvgIpc) is 3.17. The van der Waals surface area contributed by atoms with Crippen molar-refractivity contribution in [2.45, 2.75) is 12.8 Å². The molecule has 0 radical (unpaired) electrons. The molecule has 1 saturated heterocycles. The third-order valence-electron chi connectivity index (χ3n) is 4.16. The minimum Gasteiger partial charge on any atom is -0.376 e. The quantitative estimate of drug-likeness (QED) is 0.799. The van der Waals surface area contributed by atoms with Crippen molar-refractivity contribution in [1.82, 2.24) is 4.90 Å². The summed E-state index contributed by atoms with van der Waals surface area (Å²) in [4.78, 5) is 26.4. The summed E-state index contributed by atoms with van der Waals surface area (Å²) in [7, 11) is 0. The molecule has 1 heterocycles. The van der Waals surface area contributed by atoms with E-state index in [1.54, 1.807) is 36.4 Å². The number of likely N-dealkylation sites (tertiary alicyclic amines) is 1. The van der Waals surface area contributed by atoms with Gasteiger partial charge in [-0.15, -0.1) is 0 Å². The lowest BCUT2D eigenvalue weighted by molar-refractivity contribution is -0.114. The van der Waals surface area contributed by atoms with Gasteiger partial charge in [-0.3, -0.25) is 9.59 Å². The van der Waals surface area contributed by atoms with Gasteiger partial charge in [0.05, 0.1) is 17.3 Å². The summed E-state index contributed by atoms with van der Waals surface area (Å²) < 4.78 is 0. The first-order valence-electron chi connectivity index (χ1n) is 8.41. The Morgan fingerprint density at radius 2 is 1.81 bits per heavy atom. The number of carbonyl (C=O) groups is 2. The number of nitrogens with one attached hydrogen (secondary N) is 2. The predicted molar refractivity (Wildman–Crippen MR) is 105 cm³/mol. The number of rotatable bonds is 5. The van der Waals surface area contributed by atoms with Gasteiger partial charge in [-0.1, -0.05) is 29.3 Å². The molecule has 2 aromatic rings. The molecule has 136 valence electrons. The number of benzene rings is 2. The number of amides is 2. The molecule has 5 nitrogen and oxygen atoms in total. The Morgan fingerprint density at radius 3 is 2.58 bits per heavy atom. The summed E-state index contributed by atoms with van der Waals surface area (Å²) >= 11 is 12.0. The second-order valence-corrected chi connectivity index (χ2v) is 6.95. The molecule has 7 heteroatoms. The summed E-state index contributed by atoms with van der Waals surface area (Å²) in [6, 6.07) is 12.0. The van der Waals surface area contributed by atoms with Gasteiger partial charge >= 0.3 is 0 Å². The van der Waals surface area contributed by atoms with Gasteiger partial charge in [-0.05, 0) is 49.2 Å². The normalized spacial score (nSPS) is 13.5. The van der Waals surface area contributed by atoms with Crippen LogP contribution >= 0.6 is 23.2 Å². The number of nitrogens with zero attached hydrogens (tertiary/aromatic N) is 1. The van der Waals surface area contributed by atoms with Gasteiger partial charge in [0.1, 0.15) is 0 Å². The second kappa shape index (κ2) is 8.43. The predicted octanol–water partition coefficient (Wildman–Crippen LogP) is 4.28. The summed E-state index contributed by atoms with van der Waals surface area (Å²) in [5.41, 5.74) is 1.79. The van der Waals surface area contributed by atoms with Gasteiger partial charge in [0.25, 0.3) is 5.91 Å². The van der Waals surface area contributed by atoms with Crippen LogP contribution in [0.5, 0.6) is 0 Å². The first-order valence-corrected chi connectivity index (χ1v) is 9.16.